The Bertz CT molecular complexity index is 1510. The van der Waals surface area contributed by atoms with Crippen molar-refractivity contribution in [1.29, 1.82) is 0 Å². The summed E-state index contributed by atoms with van der Waals surface area (Å²) in [4.78, 5) is 42.9. The van der Waals surface area contributed by atoms with Gasteiger partial charge in [0.1, 0.15) is 0 Å². The fourth-order valence-electron chi connectivity index (χ4n) is 3.50. The molecule has 0 saturated heterocycles. The van der Waals surface area contributed by atoms with Crippen molar-refractivity contribution >= 4 is 0 Å². The summed E-state index contributed by atoms with van der Waals surface area (Å²) in [6, 6.07) is 35.0. The fraction of sp³-hybridized carbons (Fsp3) is 0. The molecule has 0 atom stereocenters. The first-order chi connectivity index (χ1) is 22.3. The van der Waals surface area contributed by atoms with Gasteiger partial charge in [0, 0.05) is 87.0 Å². The molecule has 6 rings (SSSR count). The molecule has 6 aromatic heterocycles. The number of aromatic nitrogens is 6. The summed E-state index contributed by atoms with van der Waals surface area (Å²) in [7, 11) is 0. The van der Waals surface area contributed by atoms with E-state index < -0.39 is 10.2 Å². The van der Waals surface area contributed by atoms with Gasteiger partial charge in [-0.05, 0) is 72.8 Å². The van der Waals surface area contributed by atoms with Crippen LogP contribution in [0.5, 0.6) is 0 Å². The van der Waals surface area contributed by atoms with Gasteiger partial charge in [0.25, 0.3) is 0 Å². The number of nitrogens with zero attached hydrogens (tertiary/aromatic N) is 8. The molecule has 0 spiro atoms. The predicted molar refractivity (Wildman–Crippen MR) is 165 cm³/mol. The van der Waals surface area contributed by atoms with Crippen molar-refractivity contribution in [2.45, 2.75) is 0 Å². The maximum Gasteiger partial charge on any atom is 0.0894 e. The van der Waals surface area contributed by atoms with E-state index in [-0.39, 0.29) is 84.1 Å². The van der Waals surface area contributed by atoms with Crippen LogP contribution < -0.4 is 10.5 Å². The van der Waals surface area contributed by atoms with Gasteiger partial charge in [0.15, 0.2) is 0 Å². The minimum Gasteiger partial charge on any atom is -2.00 e. The molecule has 0 amide bonds. The van der Waals surface area contributed by atoms with E-state index in [1.54, 1.807) is 24.8 Å². The van der Waals surface area contributed by atoms with Crippen LogP contribution in [0.4, 0.5) is 0 Å². The zero-order valence-corrected chi connectivity index (χ0v) is 34.5. The second kappa shape index (κ2) is 33.3. The molecule has 0 saturated carbocycles. The van der Waals surface area contributed by atoms with Gasteiger partial charge in [0.2, 0.25) is 0 Å². The normalized spacial score (nSPS) is 8.12. The van der Waals surface area contributed by atoms with Crippen molar-refractivity contribution in [2.24, 2.45) is 0 Å². The van der Waals surface area contributed by atoms with Gasteiger partial charge in [-0.15, -0.1) is 0 Å². The van der Waals surface area contributed by atoms with Crippen molar-refractivity contribution in [3.8, 4) is 45.6 Å². The number of pyridine rings is 6. The summed E-state index contributed by atoms with van der Waals surface area (Å²) in [5.74, 6) is 0. The average Bonchev–Trinajstić information content (AvgIpc) is 3.11. The molecule has 6 aromatic rings. The summed E-state index contributed by atoms with van der Waals surface area (Å²) in [5.41, 5.74) is 6.92. The number of rotatable bonds is 4. The SMILES string of the molecule is O=[N+]([O-])[O-].O=[N+]([O-])[O-].[O-2].[O-2].[O-2].[O-2].[O-][O-].[U].[U].c1ccc(-c2cccc(-c3ccccn3)n2)nc1.c1ccc(-c2cccc(-c3ccccn3)n2)nc1. The molecule has 0 bridgehead atoms. The summed E-state index contributed by atoms with van der Waals surface area (Å²) in [6.45, 7) is 0. The Morgan fingerprint density at radius 3 is 0.673 bits per heavy atom. The van der Waals surface area contributed by atoms with E-state index in [9.17, 15) is 0 Å². The van der Waals surface area contributed by atoms with Gasteiger partial charge in [0.05, 0.1) is 55.7 Å². The Hall–Kier alpha value is -4.84. The quantitative estimate of drug-likeness (QED) is 0.139. The molecule has 0 N–H and O–H groups in total. The van der Waals surface area contributed by atoms with Gasteiger partial charge in [-0.1, -0.05) is 36.4 Å². The first-order valence-corrected chi connectivity index (χ1v) is 12.7. The van der Waals surface area contributed by atoms with Crippen LogP contribution in [-0.4, -0.2) is 40.1 Å². The Balaban J connectivity index is -0.000000207. The van der Waals surface area contributed by atoms with Crippen LogP contribution in [-0.2, 0) is 21.9 Å². The molecule has 0 radical (unpaired) electrons. The largest absolute Gasteiger partial charge is 2.00 e. The van der Waals surface area contributed by atoms with Gasteiger partial charge >= 0.3 is 0 Å². The zero-order valence-electron chi connectivity index (χ0n) is 26.2. The minimum atomic E-state index is -1.75. The third-order valence-electron chi connectivity index (χ3n) is 5.21. The van der Waals surface area contributed by atoms with E-state index in [1.165, 1.54) is 0 Å². The standard InChI is InChI=1S/2C15H11N3.2NO3.O2.4O.2U/c2*1-3-10-16-12(6-1)14-8-5-9-15(18-14)13-7-2-4-11-17-13;2*2-1(3)4;1-2;;;;;;/h2*1-11H;;;;;;;;;/q;;2*-1;5*-2;;. The van der Waals surface area contributed by atoms with E-state index in [0.29, 0.717) is 0 Å². The third-order valence-corrected chi connectivity index (χ3v) is 5.21. The van der Waals surface area contributed by atoms with Crippen molar-refractivity contribution in [2.75, 3.05) is 0 Å². The van der Waals surface area contributed by atoms with Gasteiger partial charge in [-0.3, -0.25) is 19.9 Å². The van der Waals surface area contributed by atoms with Crippen LogP contribution in [0.3, 0.4) is 0 Å². The van der Waals surface area contributed by atoms with E-state index in [4.69, 9.17) is 41.2 Å². The molecule has 0 fully saturated rings. The second-order valence-corrected chi connectivity index (χ2v) is 8.12. The Kier molecular flexibility index (Phi) is 36.2. The van der Waals surface area contributed by atoms with Crippen LogP contribution in [0.25, 0.3) is 45.6 Å². The Morgan fingerprint density at radius 2 is 0.519 bits per heavy atom. The maximum absolute atomic E-state index is 8.25. The second-order valence-electron chi connectivity index (χ2n) is 8.12. The monoisotopic (exact) mass is 1160 g/mol. The van der Waals surface area contributed by atoms with Crippen LogP contribution in [0.15, 0.2) is 134 Å². The van der Waals surface area contributed by atoms with Crippen LogP contribution in [0.1, 0.15) is 0 Å². The van der Waals surface area contributed by atoms with Crippen molar-refractivity contribution in [3.05, 3.63) is 165 Å². The van der Waals surface area contributed by atoms with Gasteiger partial charge in [-0.25, -0.2) is 9.97 Å². The molecule has 0 aliphatic carbocycles. The minimum absolute atomic E-state index is 0. The molecule has 52 heavy (non-hydrogen) atoms. The smallest absolute Gasteiger partial charge is 0.0894 e. The van der Waals surface area contributed by atoms with E-state index in [1.807, 2.05) is 109 Å². The first-order valence-electron chi connectivity index (χ1n) is 12.7. The van der Waals surface area contributed by atoms with Crippen molar-refractivity contribution in [1.82, 2.24) is 29.9 Å². The number of hydrogen-bond donors (Lipinski definition) is 0. The van der Waals surface area contributed by atoms with Crippen LogP contribution in [0.2, 0.25) is 0 Å². The summed E-state index contributed by atoms with van der Waals surface area (Å²) < 4.78 is 0. The molecule has 0 aliphatic rings. The fourth-order valence-corrected chi connectivity index (χ4v) is 3.50. The molecule has 0 aromatic carbocycles. The third kappa shape index (κ3) is 22.1. The molecule has 0 aliphatic heterocycles. The molecular formula is C30H22N8O12U2-12. The van der Waals surface area contributed by atoms with E-state index in [2.05, 4.69) is 29.9 Å². The average molecular weight is 1160 g/mol. The van der Waals surface area contributed by atoms with Gasteiger partial charge in [-0.2, -0.15) is 0 Å². The van der Waals surface area contributed by atoms with Crippen LogP contribution in [0, 0.1) is 92.9 Å². The summed E-state index contributed by atoms with van der Waals surface area (Å²) in [5, 5.41) is 43.5. The molecule has 274 valence electrons. The van der Waals surface area contributed by atoms with E-state index in [0.717, 1.165) is 45.6 Å². The molecule has 6 heterocycles. The number of hydrogen-bond acceptors (Lipinski definition) is 14. The molecule has 22 heteroatoms. The van der Waals surface area contributed by atoms with Gasteiger partial charge < -0.3 is 63.1 Å². The molecular weight excluding hydrogens is 1140 g/mol. The zero-order chi connectivity index (χ0) is 33.6. The molecule has 0 unspecified atom stereocenters. The molecule has 20 nitrogen and oxygen atoms in total. The maximum atomic E-state index is 8.25. The first kappa shape index (κ1) is 56.5. The van der Waals surface area contributed by atoms with Crippen LogP contribution >= 0.6 is 0 Å². The summed E-state index contributed by atoms with van der Waals surface area (Å²) >= 11 is 0. The van der Waals surface area contributed by atoms with E-state index >= 15 is 0 Å². The Morgan fingerprint density at radius 1 is 0.346 bits per heavy atom. The van der Waals surface area contributed by atoms with Crippen molar-refractivity contribution in [3.63, 3.8) is 0 Å². The predicted octanol–water partition coefficient (Wildman–Crippen LogP) is 3.08. The summed E-state index contributed by atoms with van der Waals surface area (Å²) in [6.07, 6.45) is 7.07. The topological polar surface area (TPSA) is 370 Å². The van der Waals surface area contributed by atoms with Crippen molar-refractivity contribution < 1.29 is 105 Å². The Labute approximate surface area is 342 Å².